The summed E-state index contributed by atoms with van der Waals surface area (Å²) in [5, 5.41) is 12.9. The number of hydrogen-bond donors (Lipinski definition) is 1. The van der Waals surface area contributed by atoms with E-state index in [2.05, 4.69) is 41.7 Å². The predicted octanol–water partition coefficient (Wildman–Crippen LogP) is 1.98. The zero-order chi connectivity index (χ0) is 16.8. The number of carboxylic acid groups (broad SMARTS) is 1. The van der Waals surface area contributed by atoms with Crippen LogP contribution in [0.15, 0.2) is 78.9 Å². The predicted molar refractivity (Wildman–Crippen MR) is 92.0 cm³/mol. The first-order valence-electron chi connectivity index (χ1n) is 7.99. The van der Waals surface area contributed by atoms with Crippen LogP contribution < -0.4 is 10.4 Å². The van der Waals surface area contributed by atoms with Crippen molar-refractivity contribution >= 4 is 5.97 Å². The summed E-state index contributed by atoms with van der Waals surface area (Å²) in [5.74, 6) is -1.14. The number of carboxylic acids is 1. The van der Waals surface area contributed by atoms with E-state index in [1.165, 1.54) is 16.7 Å². The molecule has 3 aromatic carbocycles. The molecule has 0 aromatic heterocycles. The second-order valence-electron chi connectivity index (χ2n) is 5.74. The van der Waals surface area contributed by atoms with Crippen molar-refractivity contribution in [2.45, 2.75) is 13.1 Å². The number of quaternary nitrogens is 1. The fourth-order valence-electron chi connectivity index (χ4n) is 2.65. The van der Waals surface area contributed by atoms with Crippen molar-refractivity contribution in [3.63, 3.8) is 0 Å². The third kappa shape index (κ3) is 4.09. The lowest BCUT2D eigenvalue weighted by molar-refractivity contribution is -0.686. The molecule has 0 aliphatic carbocycles. The fourth-order valence-corrected chi connectivity index (χ4v) is 2.65. The molecule has 0 saturated carbocycles. The summed E-state index contributed by atoms with van der Waals surface area (Å²) in [6.07, 6.45) is 0. The van der Waals surface area contributed by atoms with Crippen LogP contribution in [0.1, 0.15) is 21.5 Å². The number of carbonyl (C=O) groups excluding carboxylic acids is 1. The number of hydrogen-bond acceptors (Lipinski definition) is 2. The lowest BCUT2D eigenvalue weighted by atomic mass is 10.0. The zero-order valence-electron chi connectivity index (χ0n) is 13.3. The van der Waals surface area contributed by atoms with Crippen molar-refractivity contribution in [2.75, 3.05) is 0 Å². The minimum Gasteiger partial charge on any atom is -0.545 e. The van der Waals surface area contributed by atoms with E-state index in [9.17, 15) is 9.90 Å². The van der Waals surface area contributed by atoms with Crippen molar-refractivity contribution in [2.24, 2.45) is 0 Å². The molecule has 3 nitrogen and oxygen atoms in total. The van der Waals surface area contributed by atoms with Crippen molar-refractivity contribution in [3.8, 4) is 11.1 Å². The Morgan fingerprint density at radius 2 is 1.21 bits per heavy atom. The van der Waals surface area contributed by atoms with Crippen LogP contribution in [0, 0.1) is 0 Å². The lowest BCUT2D eigenvalue weighted by Crippen LogP contribution is -2.80. The maximum absolute atomic E-state index is 10.7. The minimum atomic E-state index is -1.14. The van der Waals surface area contributed by atoms with Crippen molar-refractivity contribution < 1.29 is 15.2 Å². The van der Waals surface area contributed by atoms with Crippen LogP contribution in [0.4, 0.5) is 0 Å². The van der Waals surface area contributed by atoms with Crippen molar-refractivity contribution in [3.05, 3.63) is 95.6 Å². The molecular formula is C21H19NO2. The van der Waals surface area contributed by atoms with Gasteiger partial charge in [-0.25, -0.2) is 0 Å². The largest absolute Gasteiger partial charge is 0.545 e. The Morgan fingerprint density at radius 3 is 1.75 bits per heavy atom. The van der Waals surface area contributed by atoms with Gasteiger partial charge in [-0.2, -0.15) is 0 Å². The third-order valence-corrected chi connectivity index (χ3v) is 4.01. The Hall–Kier alpha value is -2.91. The molecule has 0 radical (unpaired) electrons. The molecule has 120 valence electrons. The number of aromatic carboxylic acids is 1. The average Bonchev–Trinajstić information content (AvgIpc) is 2.63. The highest BCUT2D eigenvalue weighted by Gasteiger charge is 2.01. The van der Waals surface area contributed by atoms with Crippen LogP contribution in [-0.4, -0.2) is 5.97 Å². The molecule has 0 bridgehead atoms. The first kappa shape index (κ1) is 16.0. The quantitative estimate of drug-likeness (QED) is 0.756. The fraction of sp³-hybridized carbons (Fsp3) is 0.0952. The minimum absolute atomic E-state index is 0.218. The molecule has 0 unspecified atom stereocenters. The molecule has 2 N–H and O–H groups in total. The van der Waals surface area contributed by atoms with Crippen LogP contribution in [0.3, 0.4) is 0 Å². The first-order chi connectivity index (χ1) is 11.7. The maximum Gasteiger partial charge on any atom is 0.101 e. The topological polar surface area (TPSA) is 56.7 Å². The van der Waals surface area contributed by atoms with Gasteiger partial charge in [0.1, 0.15) is 13.1 Å². The van der Waals surface area contributed by atoms with Gasteiger partial charge in [0.25, 0.3) is 0 Å². The summed E-state index contributed by atoms with van der Waals surface area (Å²) in [6.45, 7) is 1.70. The summed E-state index contributed by atoms with van der Waals surface area (Å²) >= 11 is 0. The zero-order valence-corrected chi connectivity index (χ0v) is 13.3. The highest BCUT2D eigenvalue weighted by atomic mass is 16.4. The van der Waals surface area contributed by atoms with E-state index in [0.29, 0.717) is 0 Å². The first-order valence-corrected chi connectivity index (χ1v) is 7.99. The number of nitrogens with two attached hydrogens (primary N) is 1. The average molecular weight is 317 g/mol. The third-order valence-electron chi connectivity index (χ3n) is 4.01. The standard InChI is InChI=1S/C21H19NO2/c23-21(24)20-12-8-17(9-13-20)15-22-14-16-6-10-19(11-7-16)18-4-2-1-3-5-18/h1-13,22H,14-15H2,(H,23,24). The summed E-state index contributed by atoms with van der Waals surface area (Å²) in [4.78, 5) is 10.7. The van der Waals surface area contributed by atoms with Crippen LogP contribution in [0.5, 0.6) is 0 Å². The Morgan fingerprint density at radius 1 is 0.708 bits per heavy atom. The molecule has 0 fully saturated rings. The lowest BCUT2D eigenvalue weighted by Gasteiger charge is -2.06. The second-order valence-corrected chi connectivity index (χ2v) is 5.74. The van der Waals surface area contributed by atoms with Crippen LogP contribution in [-0.2, 0) is 13.1 Å². The van der Waals surface area contributed by atoms with E-state index >= 15 is 0 Å². The van der Waals surface area contributed by atoms with Gasteiger partial charge in [-0.3, -0.25) is 0 Å². The van der Waals surface area contributed by atoms with E-state index in [0.717, 1.165) is 18.7 Å². The van der Waals surface area contributed by atoms with Gasteiger partial charge in [-0.15, -0.1) is 0 Å². The van der Waals surface area contributed by atoms with E-state index in [1.807, 2.05) is 30.3 Å². The summed E-state index contributed by atoms with van der Waals surface area (Å²) < 4.78 is 0. The molecule has 0 amide bonds. The molecule has 0 saturated heterocycles. The number of carbonyl (C=O) groups is 1. The van der Waals surface area contributed by atoms with Gasteiger partial charge in [0, 0.05) is 11.1 Å². The highest BCUT2D eigenvalue weighted by Crippen LogP contribution is 2.18. The van der Waals surface area contributed by atoms with Crippen molar-refractivity contribution in [1.82, 2.24) is 0 Å². The molecule has 0 aliphatic rings. The smallest absolute Gasteiger partial charge is 0.101 e. The SMILES string of the molecule is O=C([O-])c1ccc(C[NH2+]Cc2ccc(-c3ccccc3)cc2)cc1. The van der Waals surface area contributed by atoms with E-state index in [1.54, 1.807) is 12.1 Å². The normalized spacial score (nSPS) is 10.5. The van der Waals surface area contributed by atoms with Crippen LogP contribution in [0.25, 0.3) is 11.1 Å². The Kier molecular flexibility index (Phi) is 5.04. The number of benzene rings is 3. The monoisotopic (exact) mass is 317 g/mol. The van der Waals surface area contributed by atoms with Gasteiger partial charge in [0.2, 0.25) is 0 Å². The molecule has 3 rings (SSSR count). The van der Waals surface area contributed by atoms with Gasteiger partial charge in [0.15, 0.2) is 0 Å². The molecule has 3 aromatic rings. The summed E-state index contributed by atoms with van der Waals surface area (Å²) in [7, 11) is 0. The number of rotatable bonds is 6. The van der Waals surface area contributed by atoms with Crippen LogP contribution in [0.2, 0.25) is 0 Å². The molecule has 0 spiro atoms. The molecular weight excluding hydrogens is 298 g/mol. The summed E-state index contributed by atoms with van der Waals surface area (Å²) in [5.41, 5.74) is 5.02. The van der Waals surface area contributed by atoms with E-state index in [-0.39, 0.29) is 5.56 Å². The van der Waals surface area contributed by atoms with Gasteiger partial charge in [0.05, 0.1) is 5.97 Å². The molecule has 0 aliphatic heterocycles. The molecule has 24 heavy (non-hydrogen) atoms. The van der Waals surface area contributed by atoms with Gasteiger partial charge in [-0.1, -0.05) is 78.9 Å². The van der Waals surface area contributed by atoms with Crippen molar-refractivity contribution in [1.29, 1.82) is 0 Å². The highest BCUT2D eigenvalue weighted by molar-refractivity contribution is 5.85. The Bertz CT molecular complexity index is 794. The Labute approximate surface area is 141 Å². The maximum atomic E-state index is 10.7. The van der Waals surface area contributed by atoms with Gasteiger partial charge in [-0.05, 0) is 16.7 Å². The second kappa shape index (κ2) is 7.57. The molecule has 0 atom stereocenters. The van der Waals surface area contributed by atoms with Gasteiger partial charge < -0.3 is 15.2 Å². The molecule has 0 heterocycles. The Balaban J connectivity index is 1.54. The van der Waals surface area contributed by atoms with Gasteiger partial charge >= 0.3 is 0 Å². The molecule has 3 heteroatoms. The summed E-state index contributed by atoms with van der Waals surface area (Å²) in [6, 6.07) is 25.8. The van der Waals surface area contributed by atoms with E-state index in [4.69, 9.17) is 0 Å². The van der Waals surface area contributed by atoms with E-state index < -0.39 is 5.97 Å². The van der Waals surface area contributed by atoms with Crippen LogP contribution >= 0.6 is 0 Å².